The summed E-state index contributed by atoms with van der Waals surface area (Å²) in [5.41, 5.74) is 0.849. The van der Waals surface area contributed by atoms with Gasteiger partial charge in [-0.1, -0.05) is 6.07 Å². The molecule has 7 heteroatoms. The fourth-order valence-electron chi connectivity index (χ4n) is 1.77. The first-order chi connectivity index (χ1) is 9.90. The van der Waals surface area contributed by atoms with E-state index in [0.29, 0.717) is 11.3 Å². The predicted molar refractivity (Wildman–Crippen MR) is 73.7 cm³/mol. The van der Waals surface area contributed by atoms with Gasteiger partial charge < -0.3 is 10.4 Å². The summed E-state index contributed by atoms with van der Waals surface area (Å²) in [4.78, 5) is 23.1. The van der Waals surface area contributed by atoms with Crippen molar-refractivity contribution >= 4 is 17.6 Å². The molecule has 21 heavy (non-hydrogen) atoms. The van der Waals surface area contributed by atoms with E-state index in [4.69, 9.17) is 5.11 Å². The van der Waals surface area contributed by atoms with Gasteiger partial charge in [0, 0.05) is 11.9 Å². The van der Waals surface area contributed by atoms with E-state index in [1.54, 1.807) is 19.1 Å². The molecule has 0 radical (unpaired) electrons. The Bertz CT molecular complexity index is 697. The molecule has 6 nitrogen and oxygen atoms in total. The first-order valence-corrected chi connectivity index (χ1v) is 6.24. The van der Waals surface area contributed by atoms with Crippen molar-refractivity contribution in [2.45, 2.75) is 19.9 Å². The smallest absolute Gasteiger partial charge is 0.328 e. The first-order valence-electron chi connectivity index (χ1n) is 6.24. The van der Waals surface area contributed by atoms with Gasteiger partial charge in [-0.05, 0) is 37.6 Å². The molecule has 2 N–H and O–H groups in total. The van der Waals surface area contributed by atoms with Gasteiger partial charge in [0.15, 0.2) is 0 Å². The Labute approximate surface area is 120 Å². The average Bonchev–Trinajstić information content (AvgIpc) is 2.91. The third-order valence-electron chi connectivity index (χ3n) is 3.06. The average molecular weight is 291 g/mol. The maximum Gasteiger partial charge on any atom is 0.328 e. The molecule has 0 saturated heterocycles. The molecule has 1 atom stereocenters. The number of aliphatic carboxylic acids is 1. The van der Waals surface area contributed by atoms with Gasteiger partial charge in [0.25, 0.3) is 5.91 Å². The number of aromatic nitrogens is 2. The fraction of sp³-hybridized carbons (Fsp3) is 0.214. The summed E-state index contributed by atoms with van der Waals surface area (Å²) in [5.74, 6) is -2.09. The molecule has 110 valence electrons. The third kappa shape index (κ3) is 3.07. The number of hydrogen-bond donors (Lipinski definition) is 2. The minimum Gasteiger partial charge on any atom is -0.480 e. The molecule has 1 heterocycles. The van der Waals surface area contributed by atoms with Crippen LogP contribution >= 0.6 is 0 Å². The number of anilines is 1. The zero-order chi connectivity index (χ0) is 15.6. The molecular weight excluding hydrogens is 277 g/mol. The summed E-state index contributed by atoms with van der Waals surface area (Å²) in [6, 6.07) is 4.74. The molecule has 0 aliphatic carbocycles. The molecule has 1 aromatic heterocycles. The Kier molecular flexibility index (Phi) is 4.02. The van der Waals surface area contributed by atoms with E-state index in [0.717, 1.165) is 4.68 Å². The van der Waals surface area contributed by atoms with Crippen LogP contribution in [-0.2, 0) is 4.79 Å². The van der Waals surface area contributed by atoms with Crippen molar-refractivity contribution in [1.82, 2.24) is 9.78 Å². The maximum atomic E-state index is 13.4. The highest BCUT2D eigenvalue weighted by atomic mass is 19.1. The van der Waals surface area contributed by atoms with Crippen molar-refractivity contribution in [1.29, 1.82) is 0 Å². The summed E-state index contributed by atoms with van der Waals surface area (Å²) in [6.45, 7) is 3.03. The number of benzene rings is 1. The highest BCUT2D eigenvalue weighted by Gasteiger charge is 2.21. The zero-order valence-corrected chi connectivity index (χ0v) is 11.5. The van der Waals surface area contributed by atoms with E-state index in [1.165, 1.54) is 25.3 Å². The van der Waals surface area contributed by atoms with Gasteiger partial charge in [-0.3, -0.25) is 4.79 Å². The van der Waals surface area contributed by atoms with Crippen molar-refractivity contribution in [2.75, 3.05) is 5.32 Å². The van der Waals surface area contributed by atoms with Gasteiger partial charge in [-0.2, -0.15) is 5.10 Å². The van der Waals surface area contributed by atoms with Crippen molar-refractivity contribution in [3.05, 3.63) is 47.5 Å². The number of amides is 1. The van der Waals surface area contributed by atoms with Crippen molar-refractivity contribution in [3.8, 4) is 0 Å². The second-order valence-corrected chi connectivity index (χ2v) is 4.59. The number of halogens is 1. The van der Waals surface area contributed by atoms with Crippen LogP contribution in [0.4, 0.5) is 10.1 Å². The second kappa shape index (κ2) is 5.74. The molecule has 0 spiro atoms. The summed E-state index contributed by atoms with van der Waals surface area (Å²) >= 11 is 0. The summed E-state index contributed by atoms with van der Waals surface area (Å²) in [6.07, 6.45) is 1.34. The highest BCUT2D eigenvalue weighted by Crippen LogP contribution is 2.16. The largest absolute Gasteiger partial charge is 0.480 e. The van der Waals surface area contributed by atoms with Gasteiger partial charge >= 0.3 is 5.97 Å². The monoisotopic (exact) mass is 291 g/mol. The van der Waals surface area contributed by atoms with Crippen LogP contribution in [0.25, 0.3) is 0 Å². The molecule has 0 bridgehead atoms. The highest BCUT2D eigenvalue weighted by molar-refractivity contribution is 6.03. The van der Waals surface area contributed by atoms with Gasteiger partial charge in [0.05, 0.1) is 0 Å². The van der Waals surface area contributed by atoms with Crippen LogP contribution in [0.2, 0.25) is 0 Å². The maximum absolute atomic E-state index is 13.4. The molecule has 1 aromatic carbocycles. The van der Waals surface area contributed by atoms with Crippen LogP contribution in [0.3, 0.4) is 0 Å². The van der Waals surface area contributed by atoms with Crippen molar-refractivity contribution in [3.63, 3.8) is 0 Å². The van der Waals surface area contributed by atoms with Crippen molar-refractivity contribution in [2.24, 2.45) is 0 Å². The van der Waals surface area contributed by atoms with Crippen LogP contribution in [-0.4, -0.2) is 26.8 Å². The van der Waals surface area contributed by atoms with Gasteiger partial charge in [-0.25, -0.2) is 13.9 Å². The topological polar surface area (TPSA) is 84.2 Å². The molecule has 1 unspecified atom stereocenters. The zero-order valence-electron chi connectivity index (χ0n) is 11.5. The predicted octanol–water partition coefficient (Wildman–Crippen LogP) is 2.23. The second-order valence-electron chi connectivity index (χ2n) is 4.59. The van der Waals surface area contributed by atoms with E-state index in [-0.39, 0.29) is 5.69 Å². The summed E-state index contributed by atoms with van der Waals surface area (Å²) in [5, 5.41) is 15.3. The number of rotatable bonds is 4. The number of carboxylic acid groups (broad SMARTS) is 1. The molecule has 0 aliphatic rings. The normalized spacial score (nSPS) is 12.0. The molecule has 1 amide bonds. The Balaban J connectivity index is 2.23. The minimum atomic E-state index is -1.10. The number of carbonyl (C=O) groups excluding carboxylic acids is 1. The molecule has 2 aromatic rings. The lowest BCUT2D eigenvalue weighted by Gasteiger charge is -2.12. The SMILES string of the molecule is Cc1ccc(NC(=O)c2ccnn2C(C)C(=O)O)cc1F. The van der Waals surface area contributed by atoms with Crippen LogP contribution in [0, 0.1) is 12.7 Å². The number of nitrogens with one attached hydrogen (secondary N) is 1. The van der Waals surface area contributed by atoms with E-state index in [1.807, 2.05) is 0 Å². The summed E-state index contributed by atoms with van der Waals surface area (Å²) < 4.78 is 14.5. The van der Waals surface area contributed by atoms with E-state index < -0.39 is 23.7 Å². The first kappa shape index (κ1) is 14.7. The third-order valence-corrected chi connectivity index (χ3v) is 3.06. The number of hydrogen-bond acceptors (Lipinski definition) is 3. The molecule has 0 aliphatic heterocycles. The standard InChI is InChI=1S/C14H14FN3O3/c1-8-3-4-10(7-11(8)15)17-13(19)12-5-6-16-18(12)9(2)14(20)21/h3-7,9H,1-2H3,(H,17,19)(H,20,21). The number of nitrogens with zero attached hydrogens (tertiary/aromatic N) is 2. The van der Waals surface area contributed by atoms with Gasteiger partial charge in [0.1, 0.15) is 17.6 Å². The van der Waals surface area contributed by atoms with Gasteiger partial charge in [-0.15, -0.1) is 0 Å². The Morgan fingerprint density at radius 3 is 2.71 bits per heavy atom. The van der Waals surface area contributed by atoms with E-state index in [9.17, 15) is 14.0 Å². The lowest BCUT2D eigenvalue weighted by atomic mass is 10.2. The summed E-state index contributed by atoms with van der Waals surface area (Å²) in [7, 11) is 0. The Morgan fingerprint density at radius 1 is 1.38 bits per heavy atom. The van der Waals surface area contributed by atoms with Crippen LogP contribution in [0.15, 0.2) is 30.5 Å². The number of carbonyl (C=O) groups is 2. The molecule has 2 rings (SSSR count). The number of aryl methyl sites for hydroxylation is 1. The molecule has 0 saturated carbocycles. The van der Waals surface area contributed by atoms with Crippen LogP contribution in [0.1, 0.15) is 29.0 Å². The Morgan fingerprint density at radius 2 is 2.10 bits per heavy atom. The lowest BCUT2D eigenvalue weighted by Crippen LogP contribution is -2.24. The van der Waals surface area contributed by atoms with Crippen molar-refractivity contribution < 1.29 is 19.1 Å². The molecule has 0 fully saturated rings. The van der Waals surface area contributed by atoms with E-state index in [2.05, 4.69) is 10.4 Å². The van der Waals surface area contributed by atoms with Crippen LogP contribution < -0.4 is 5.32 Å². The lowest BCUT2D eigenvalue weighted by molar-refractivity contribution is -0.140. The molecular formula is C14H14FN3O3. The van der Waals surface area contributed by atoms with Gasteiger partial charge in [0.2, 0.25) is 0 Å². The minimum absolute atomic E-state index is 0.0888. The van der Waals surface area contributed by atoms with Crippen LogP contribution in [0.5, 0.6) is 0 Å². The van der Waals surface area contributed by atoms with E-state index >= 15 is 0 Å². The number of carboxylic acids is 1. The Hall–Kier alpha value is -2.70. The fourth-order valence-corrected chi connectivity index (χ4v) is 1.77. The quantitative estimate of drug-likeness (QED) is 0.904.